The number of aryl methyl sites for hydroxylation is 1. The lowest BCUT2D eigenvalue weighted by Crippen LogP contribution is -2.28. The average molecular weight is 197 g/mol. The summed E-state index contributed by atoms with van der Waals surface area (Å²) in [5.41, 5.74) is 1.17. The third-order valence-corrected chi connectivity index (χ3v) is 2.07. The second-order valence-electron chi connectivity index (χ2n) is 3.58. The van der Waals surface area contributed by atoms with Crippen LogP contribution in [0.15, 0.2) is 12.4 Å². The number of nitrogens with zero attached hydrogens (tertiary/aromatic N) is 2. The number of rotatable bonds is 6. The third-order valence-electron chi connectivity index (χ3n) is 2.07. The van der Waals surface area contributed by atoms with Crippen molar-refractivity contribution < 1.29 is 5.11 Å². The number of hydrogen-bond acceptors (Lipinski definition) is 3. The molecule has 0 saturated heterocycles. The Morgan fingerprint density at radius 3 is 3.07 bits per heavy atom. The molecule has 0 radical (unpaired) electrons. The van der Waals surface area contributed by atoms with Gasteiger partial charge >= 0.3 is 0 Å². The maximum Gasteiger partial charge on any atom is 0.0582 e. The molecule has 4 heteroatoms. The fraction of sp³-hybridized carbons (Fsp3) is 0.700. The minimum atomic E-state index is 0.143. The lowest BCUT2D eigenvalue weighted by atomic mass is 10.3. The molecular formula is C10H19N3O. The largest absolute Gasteiger partial charge is 0.395 e. The Bertz CT molecular complexity index is 260. The van der Waals surface area contributed by atoms with Gasteiger partial charge in [0.15, 0.2) is 0 Å². The number of nitrogens with one attached hydrogen (secondary N) is 1. The van der Waals surface area contributed by atoms with E-state index >= 15 is 0 Å². The van der Waals surface area contributed by atoms with Crippen LogP contribution < -0.4 is 5.32 Å². The molecule has 0 bridgehead atoms. The van der Waals surface area contributed by atoms with Crippen LogP contribution in [0.25, 0.3) is 0 Å². The topological polar surface area (TPSA) is 50.1 Å². The second kappa shape index (κ2) is 5.78. The smallest absolute Gasteiger partial charge is 0.0582 e. The van der Waals surface area contributed by atoms with Crippen molar-refractivity contribution in [1.82, 2.24) is 15.1 Å². The Morgan fingerprint density at radius 2 is 2.43 bits per heavy atom. The molecule has 0 aliphatic heterocycles. The van der Waals surface area contributed by atoms with Crippen LogP contribution in [0.5, 0.6) is 0 Å². The molecular weight excluding hydrogens is 178 g/mol. The molecule has 80 valence electrons. The summed E-state index contributed by atoms with van der Waals surface area (Å²) in [5.74, 6) is 0. The zero-order valence-corrected chi connectivity index (χ0v) is 8.90. The van der Waals surface area contributed by atoms with Gasteiger partial charge in [-0.25, -0.2) is 0 Å². The number of aliphatic hydroxyl groups is 1. The van der Waals surface area contributed by atoms with E-state index in [4.69, 9.17) is 5.11 Å². The van der Waals surface area contributed by atoms with Gasteiger partial charge in [-0.05, 0) is 13.3 Å². The lowest BCUT2D eigenvalue weighted by Gasteiger charge is -2.08. The normalized spacial score (nSPS) is 13.1. The van der Waals surface area contributed by atoms with E-state index in [1.54, 1.807) is 0 Å². The molecule has 1 aromatic rings. The second-order valence-corrected chi connectivity index (χ2v) is 3.58. The van der Waals surface area contributed by atoms with Crippen molar-refractivity contribution in [3.05, 3.63) is 18.0 Å². The van der Waals surface area contributed by atoms with Gasteiger partial charge < -0.3 is 10.4 Å². The van der Waals surface area contributed by atoms with Gasteiger partial charge in [-0.15, -0.1) is 0 Å². The predicted molar refractivity (Wildman–Crippen MR) is 55.9 cm³/mol. The average Bonchev–Trinajstić information content (AvgIpc) is 2.63. The first-order chi connectivity index (χ1) is 6.76. The molecule has 0 amide bonds. The van der Waals surface area contributed by atoms with Crippen LogP contribution in [-0.2, 0) is 13.1 Å². The summed E-state index contributed by atoms with van der Waals surface area (Å²) in [4.78, 5) is 0. The highest BCUT2D eigenvalue weighted by Gasteiger charge is 2.01. The van der Waals surface area contributed by atoms with Gasteiger partial charge in [0.2, 0.25) is 0 Å². The number of aromatic nitrogens is 2. The third kappa shape index (κ3) is 3.47. The van der Waals surface area contributed by atoms with Crippen LogP contribution in [-0.4, -0.2) is 27.5 Å². The summed E-state index contributed by atoms with van der Waals surface area (Å²) >= 11 is 0. The Labute approximate surface area is 84.9 Å². The molecule has 2 N–H and O–H groups in total. The van der Waals surface area contributed by atoms with Crippen molar-refractivity contribution in [3.63, 3.8) is 0 Å². The Morgan fingerprint density at radius 1 is 1.64 bits per heavy atom. The van der Waals surface area contributed by atoms with Crippen molar-refractivity contribution in [1.29, 1.82) is 0 Å². The van der Waals surface area contributed by atoms with Crippen LogP contribution in [0.2, 0.25) is 0 Å². The highest BCUT2D eigenvalue weighted by molar-refractivity contribution is 5.03. The Kier molecular flexibility index (Phi) is 4.62. The zero-order valence-electron chi connectivity index (χ0n) is 8.90. The first-order valence-electron chi connectivity index (χ1n) is 5.11. The van der Waals surface area contributed by atoms with Crippen molar-refractivity contribution in [2.75, 3.05) is 6.61 Å². The van der Waals surface area contributed by atoms with Crippen LogP contribution >= 0.6 is 0 Å². The van der Waals surface area contributed by atoms with E-state index in [1.165, 1.54) is 5.56 Å². The summed E-state index contributed by atoms with van der Waals surface area (Å²) in [6.45, 7) is 5.99. The summed E-state index contributed by atoms with van der Waals surface area (Å²) < 4.78 is 1.95. The van der Waals surface area contributed by atoms with Gasteiger partial charge in [-0.1, -0.05) is 6.92 Å². The highest BCUT2D eigenvalue weighted by atomic mass is 16.3. The molecule has 0 aliphatic rings. The molecule has 1 atom stereocenters. The predicted octanol–water partition coefficient (Wildman–Crippen LogP) is 0.763. The first kappa shape index (κ1) is 11.2. The summed E-state index contributed by atoms with van der Waals surface area (Å²) in [6, 6.07) is 0.143. The van der Waals surface area contributed by atoms with E-state index in [0.717, 1.165) is 19.5 Å². The van der Waals surface area contributed by atoms with Gasteiger partial charge in [0, 0.05) is 30.9 Å². The van der Waals surface area contributed by atoms with E-state index in [2.05, 4.69) is 17.3 Å². The van der Waals surface area contributed by atoms with E-state index in [1.807, 2.05) is 24.0 Å². The van der Waals surface area contributed by atoms with Crippen molar-refractivity contribution >= 4 is 0 Å². The molecule has 0 spiro atoms. The molecule has 1 aromatic heterocycles. The first-order valence-corrected chi connectivity index (χ1v) is 5.11. The van der Waals surface area contributed by atoms with Crippen LogP contribution in [0.4, 0.5) is 0 Å². The summed E-state index contributed by atoms with van der Waals surface area (Å²) in [5, 5.41) is 16.2. The van der Waals surface area contributed by atoms with Crippen LogP contribution in [0.1, 0.15) is 25.8 Å². The molecule has 4 nitrogen and oxygen atoms in total. The summed E-state index contributed by atoms with van der Waals surface area (Å²) in [6.07, 6.45) is 5.01. The van der Waals surface area contributed by atoms with Crippen LogP contribution in [0.3, 0.4) is 0 Å². The van der Waals surface area contributed by atoms with E-state index in [-0.39, 0.29) is 12.6 Å². The van der Waals surface area contributed by atoms with Gasteiger partial charge in [-0.2, -0.15) is 5.10 Å². The fourth-order valence-electron chi connectivity index (χ4n) is 1.21. The molecule has 0 unspecified atom stereocenters. The molecule has 0 saturated carbocycles. The molecule has 1 heterocycles. The van der Waals surface area contributed by atoms with Gasteiger partial charge in [0.25, 0.3) is 0 Å². The lowest BCUT2D eigenvalue weighted by molar-refractivity contribution is 0.251. The van der Waals surface area contributed by atoms with Crippen LogP contribution in [0, 0.1) is 0 Å². The van der Waals surface area contributed by atoms with E-state index < -0.39 is 0 Å². The minimum absolute atomic E-state index is 0.143. The van der Waals surface area contributed by atoms with Gasteiger partial charge in [-0.3, -0.25) is 4.68 Å². The zero-order chi connectivity index (χ0) is 10.4. The Hall–Kier alpha value is -0.870. The summed E-state index contributed by atoms with van der Waals surface area (Å²) in [7, 11) is 0. The molecule has 0 aliphatic carbocycles. The number of hydrogen-bond donors (Lipinski definition) is 2. The molecule has 14 heavy (non-hydrogen) atoms. The highest BCUT2D eigenvalue weighted by Crippen LogP contribution is 1.98. The van der Waals surface area contributed by atoms with Crippen molar-refractivity contribution in [2.24, 2.45) is 0 Å². The SMILES string of the molecule is CCCn1cc(CN[C@@H](C)CO)cn1. The van der Waals surface area contributed by atoms with E-state index in [9.17, 15) is 0 Å². The standard InChI is InChI=1S/C10H19N3O/c1-3-4-13-7-10(6-12-13)5-11-9(2)8-14/h6-7,9,11,14H,3-5,8H2,1-2H3/t9-/m0/s1. The quantitative estimate of drug-likeness (QED) is 0.708. The van der Waals surface area contributed by atoms with Gasteiger partial charge in [0.1, 0.15) is 0 Å². The van der Waals surface area contributed by atoms with E-state index in [0.29, 0.717) is 0 Å². The maximum atomic E-state index is 8.82. The fourth-order valence-corrected chi connectivity index (χ4v) is 1.21. The maximum absolute atomic E-state index is 8.82. The molecule has 0 aromatic carbocycles. The van der Waals surface area contributed by atoms with Gasteiger partial charge in [0.05, 0.1) is 12.8 Å². The molecule has 0 fully saturated rings. The van der Waals surface area contributed by atoms with Crippen molar-refractivity contribution in [2.45, 2.75) is 39.4 Å². The monoisotopic (exact) mass is 197 g/mol. The minimum Gasteiger partial charge on any atom is -0.395 e. The Balaban J connectivity index is 2.35. The number of aliphatic hydroxyl groups excluding tert-OH is 1. The van der Waals surface area contributed by atoms with Crippen molar-refractivity contribution in [3.8, 4) is 0 Å². The molecule has 1 rings (SSSR count).